The van der Waals surface area contributed by atoms with Gasteiger partial charge in [0.2, 0.25) is 11.8 Å². The average Bonchev–Trinajstić information content (AvgIpc) is 3.45. The van der Waals surface area contributed by atoms with Crippen LogP contribution in [0.15, 0.2) is 30.3 Å². The van der Waals surface area contributed by atoms with Crippen LogP contribution in [-0.4, -0.2) is 106 Å². The van der Waals surface area contributed by atoms with E-state index < -0.39 is 30.0 Å². The summed E-state index contributed by atoms with van der Waals surface area (Å²) in [6, 6.07) is 8.05. The van der Waals surface area contributed by atoms with Crippen molar-refractivity contribution >= 4 is 39.8 Å². The predicted octanol–water partition coefficient (Wildman–Crippen LogP) is 2.99. The van der Waals surface area contributed by atoms with Crippen LogP contribution in [0.1, 0.15) is 71.5 Å². The molecule has 2 fully saturated rings. The van der Waals surface area contributed by atoms with E-state index >= 15 is 0 Å². The normalized spacial score (nSPS) is 19.0. The van der Waals surface area contributed by atoms with E-state index in [9.17, 15) is 18.4 Å². The molecule has 50 heavy (non-hydrogen) atoms. The number of amides is 1. The summed E-state index contributed by atoms with van der Waals surface area (Å²) in [6.07, 6.45) is 4.77. The smallest absolute Gasteiger partial charge is 0.410 e. The minimum absolute atomic E-state index is 0. The molecule has 0 N–H and O–H groups in total. The number of hydrogen-bond donors (Lipinski definition) is 0. The standard InChI is InChI=1S/C35H49F2N6O5S.HI/c1-35(2,3)48-34(45)41(4)27(15-20-49(5)6)28(44)21-23-11-13-24(14-12-23)47-30-22-29(39-33(40-30)42-16-18-46-19-17-42)43-26-10-8-7-9-25(26)38-32(43)31(36)37;/h7-10,22-24,27,31H,11-21H2,1-6H3;1H/q+1;/p-1/t23?,24?,27-;/m0./s1. The van der Waals surface area contributed by atoms with Crippen LogP contribution in [0.25, 0.3) is 16.9 Å². The zero-order valence-electron chi connectivity index (χ0n) is 29.7. The number of alkyl halides is 2. The number of halogens is 3. The molecule has 0 bridgehead atoms. The number of likely N-dealkylation sites (N-methyl/N-ethyl adjacent to an activating group) is 1. The van der Waals surface area contributed by atoms with E-state index in [2.05, 4.69) is 17.5 Å². The number of nitrogens with zero attached hydrogens (tertiary/aromatic N) is 6. The summed E-state index contributed by atoms with van der Waals surface area (Å²) in [5.41, 5.74) is 0.316. The van der Waals surface area contributed by atoms with E-state index in [0.717, 1.165) is 18.6 Å². The first-order valence-corrected chi connectivity index (χ1v) is 19.2. The second-order valence-corrected chi connectivity index (χ2v) is 16.5. The first kappa shape index (κ1) is 40.0. The number of ketones is 1. The lowest BCUT2D eigenvalue weighted by molar-refractivity contribution is -0.125. The minimum Gasteiger partial charge on any atom is -1.00 e. The number of morpholine rings is 1. The van der Waals surface area contributed by atoms with E-state index in [1.807, 2.05) is 25.7 Å². The number of carbonyl (C=O) groups excluding carboxylic acids is 2. The zero-order valence-corrected chi connectivity index (χ0v) is 32.7. The van der Waals surface area contributed by atoms with Crippen molar-refractivity contribution < 1.29 is 56.6 Å². The van der Waals surface area contributed by atoms with Gasteiger partial charge in [-0.1, -0.05) is 12.1 Å². The molecule has 2 aromatic heterocycles. The number of imidazole rings is 1. The highest BCUT2D eigenvalue weighted by Crippen LogP contribution is 2.33. The Bertz CT molecular complexity index is 1590. The van der Waals surface area contributed by atoms with E-state index in [1.165, 1.54) is 9.47 Å². The van der Waals surface area contributed by atoms with Gasteiger partial charge in [0.05, 0.1) is 42.8 Å². The molecule has 1 amide bonds. The molecule has 1 aliphatic carbocycles. The summed E-state index contributed by atoms with van der Waals surface area (Å²) in [5.74, 6) is 1.63. The molecule has 3 heterocycles. The number of rotatable bonds is 12. The van der Waals surface area contributed by atoms with Crippen molar-refractivity contribution in [2.45, 2.75) is 83.5 Å². The fourth-order valence-electron chi connectivity index (χ4n) is 6.34. The van der Waals surface area contributed by atoms with E-state index in [-0.39, 0.29) is 58.5 Å². The lowest BCUT2D eigenvalue weighted by Crippen LogP contribution is -3.00. The van der Waals surface area contributed by atoms with E-state index in [4.69, 9.17) is 24.2 Å². The number of anilines is 1. The molecule has 2 aliphatic rings. The Kier molecular flexibility index (Phi) is 14.1. The highest BCUT2D eigenvalue weighted by molar-refractivity contribution is 7.95. The van der Waals surface area contributed by atoms with Crippen LogP contribution in [-0.2, 0) is 25.2 Å². The lowest BCUT2D eigenvalue weighted by atomic mass is 9.83. The molecular weight excluding hydrogens is 781 g/mol. The van der Waals surface area contributed by atoms with Crippen LogP contribution < -0.4 is 33.6 Å². The van der Waals surface area contributed by atoms with Crippen molar-refractivity contribution in [2.24, 2.45) is 5.92 Å². The van der Waals surface area contributed by atoms with Gasteiger partial charge in [0.15, 0.2) is 11.6 Å². The van der Waals surface area contributed by atoms with E-state index in [1.54, 1.807) is 37.4 Å². The number of Topliss-reactive ketones (excluding diaryl/α,β-unsaturated/α-hetero) is 1. The second kappa shape index (κ2) is 17.6. The lowest BCUT2D eigenvalue weighted by Gasteiger charge is -2.32. The maximum Gasteiger partial charge on any atom is 0.410 e. The molecule has 11 nitrogen and oxygen atoms in total. The SMILES string of the molecule is CN(C(=O)OC(C)(C)C)[C@@H](CC[S+](C)C)C(=O)CC1CCC(Oc2cc(-n3c(C(F)F)nc4ccccc43)nc(N3CCOCC3)n2)CC1.[I-]. The number of para-hydroxylation sites is 2. The summed E-state index contributed by atoms with van der Waals surface area (Å²) in [7, 11) is 1.79. The van der Waals surface area contributed by atoms with Gasteiger partial charge in [-0.05, 0) is 75.4 Å². The number of fused-ring (bicyclic) bond motifs is 1. The van der Waals surface area contributed by atoms with Gasteiger partial charge < -0.3 is 48.0 Å². The van der Waals surface area contributed by atoms with Gasteiger partial charge in [-0.2, -0.15) is 9.97 Å². The molecule has 0 radical (unpaired) electrons. The summed E-state index contributed by atoms with van der Waals surface area (Å²) in [6.45, 7) is 7.60. The summed E-state index contributed by atoms with van der Waals surface area (Å²) in [5, 5.41) is 0. The third-order valence-corrected chi connectivity index (χ3v) is 9.93. The van der Waals surface area contributed by atoms with Crippen molar-refractivity contribution in [1.82, 2.24) is 24.4 Å². The second-order valence-electron chi connectivity index (χ2n) is 14.1. The Balaban J connectivity index is 0.00000562. The van der Waals surface area contributed by atoms with Crippen LogP contribution in [0.4, 0.5) is 19.5 Å². The topological polar surface area (TPSA) is 112 Å². The van der Waals surface area contributed by atoms with E-state index in [0.29, 0.717) is 74.8 Å². The first-order valence-electron chi connectivity index (χ1n) is 17.0. The molecule has 5 rings (SSSR count). The van der Waals surface area contributed by atoms with Crippen LogP contribution in [0.3, 0.4) is 0 Å². The van der Waals surface area contributed by atoms with Crippen LogP contribution >= 0.6 is 0 Å². The molecule has 1 saturated heterocycles. The molecule has 1 aromatic carbocycles. The van der Waals surface area contributed by atoms with Crippen molar-refractivity contribution in [3.63, 3.8) is 0 Å². The minimum atomic E-state index is -2.81. The molecule has 276 valence electrons. The zero-order chi connectivity index (χ0) is 35.3. The highest BCUT2D eigenvalue weighted by atomic mass is 127. The molecule has 0 spiro atoms. The van der Waals surface area contributed by atoms with Crippen molar-refractivity contribution in [1.29, 1.82) is 0 Å². The number of hydrogen-bond acceptors (Lipinski definition) is 9. The third-order valence-electron chi connectivity index (χ3n) is 8.87. The first-order chi connectivity index (χ1) is 23.3. The molecular formula is C35H49F2IN6O5S. The molecule has 1 saturated carbocycles. The molecule has 0 unspecified atom stereocenters. The fraction of sp³-hybridized carbons (Fsp3) is 0.629. The monoisotopic (exact) mass is 830 g/mol. The third kappa shape index (κ3) is 10.4. The van der Waals surface area contributed by atoms with Gasteiger partial charge >= 0.3 is 6.09 Å². The summed E-state index contributed by atoms with van der Waals surface area (Å²) in [4.78, 5) is 43.6. The number of ether oxygens (including phenoxy) is 3. The Morgan fingerprint density at radius 3 is 2.38 bits per heavy atom. The van der Waals surface area contributed by atoms with Crippen LogP contribution in [0.5, 0.6) is 5.88 Å². The molecule has 1 aliphatic heterocycles. The van der Waals surface area contributed by atoms with Gasteiger partial charge in [0.25, 0.3) is 6.43 Å². The number of carbonyl (C=O) groups is 2. The van der Waals surface area contributed by atoms with Crippen LogP contribution in [0, 0.1) is 5.92 Å². The Morgan fingerprint density at radius 1 is 1.06 bits per heavy atom. The Hall–Kier alpha value is -2.79. The Labute approximate surface area is 313 Å². The van der Waals surface area contributed by atoms with Gasteiger partial charge in [-0.25, -0.2) is 18.6 Å². The van der Waals surface area contributed by atoms with Crippen molar-refractivity contribution in [3.05, 3.63) is 36.2 Å². The molecule has 1 atom stereocenters. The maximum absolute atomic E-state index is 14.2. The number of benzene rings is 1. The average molecular weight is 831 g/mol. The Morgan fingerprint density at radius 2 is 1.74 bits per heavy atom. The number of aromatic nitrogens is 4. The highest BCUT2D eigenvalue weighted by Gasteiger charge is 2.34. The maximum atomic E-state index is 14.2. The van der Waals surface area contributed by atoms with Crippen molar-refractivity contribution in [2.75, 3.05) is 56.5 Å². The predicted molar refractivity (Wildman–Crippen MR) is 187 cm³/mol. The molecule has 15 heteroatoms. The summed E-state index contributed by atoms with van der Waals surface area (Å²) < 4.78 is 47.4. The fourth-order valence-corrected chi connectivity index (χ4v) is 7.03. The molecule has 3 aromatic rings. The van der Waals surface area contributed by atoms with Crippen LogP contribution in [0.2, 0.25) is 0 Å². The van der Waals surface area contributed by atoms with Gasteiger partial charge in [0.1, 0.15) is 23.3 Å². The quantitative estimate of drug-likeness (QED) is 0.201. The summed E-state index contributed by atoms with van der Waals surface area (Å²) >= 11 is 0. The van der Waals surface area contributed by atoms with Gasteiger partial charge in [-0.15, -0.1) is 0 Å². The largest absolute Gasteiger partial charge is 1.00 e. The van der Waals surface area contributed by atoms with Gasteiger partial charge in [0, 0.05) is 39.0 Å². The van der Waals surface area contributed by atoms with Crippen molar-refractivity contribution in [3.8, 4) is 11.7 Å². The van der Waals surface area contributed by atoms with Gasteiger partial charge in [-0.3, -0.25) is 9.36 Å².